The molecule has 1 saturated heterocycles. The minimum absolute atomic E-state index is 0.0911. The summed E-state index contributed by atoms with van der Waals surface area (Å²) in [7, 11) is 0. The third-order valence-electron chi connectivity index (χ3n) is 3.91. The lowest BCUT2D eigenvalue weighted by atomic mass is 9.89. The molecule has 0 spiro atoms. The van der Waals surface area contributed by atoms with Crippen molar-refractivity contribution in [2.24, 2.45) is 5.41 Å². The predicted molar refractivity (Wildman–Crippen MR) is 80.0 cm³/mol. The fourth-order valence-corrected chi connectivity index (χ4v) is 2.52. The maximum atomic E-state index is 12.5. The summed E-state index contributed by atoms with van der Waals surface area (Å²) >= 11 is 0. The summed E-state index contributed by atoms with van der Waals surface area (Å²) in [5.74, 6) is -0.0911. The molecule has 1 aromatic rings. The molecule has 1 heterocycles. The Kier molecular flexibility index (Phi) is 4.44. The lowest BCUT2D eigenvalue weighted by Gasteiger charge is -2.20. The van der Waals surface area contributed by atoms with Crippen LogP contribution in [-0.4, -0.2) is 23.9 Å². The lowest BCUT2D eigenvalue weighted by molar-refractivity contribution is -0.137. The Labute approximate surface area is 127 Å². The molecule has 0 N–H and O–H groups in total. The Balaban J connectivity index is 2.06. The van der Waals surface area contributed by atoms with Gasteiger partial charge in [0.25, 0.3) is 0 Å². The first-order chi connectivity index (χ1) is 10.2. The normalized spacial score (nSPS) is 22.3. The Hall–Kier alpha value is -2.04. The van der Waals surface area contributed by atoms with Gasteiger partial charge in [0.15, 0.2) is 0 Å². The van der Waals surface area contributed by atoms with Crippen molar-refractivity contribution in [3.8, 4) is 0 Å². The summed E-state index contributed by atoms with van der Waals surface area (Å²) in [4.78, 5) is 13.3. The molecule has 1 atom stereocenters. The van der Waals surface area contributed by atoms with Gasteiger partial charge < -0.3 is 4.90 Å². The van der Waals surface area contributed by atoms with Gasteiger partial charge in [-0.25, -0.2) is 0 Å². The molecule has 1 amide bonds. The second-order valence-corrected chi connectivity index (χ2v) is 5.82. The SMILES string of the molecule is C=CC(=O)N1CC[C@](C)(C=Cc2ccc(C(F)(F)F)cc2)C1. The van der Waals surface area contributed by atoms with Gasteiger partial charge in [0.1, 0.15) is 0 Å². The molecular formula is C17H18F3NO. The maximum absolute atomic E-state index is 12.5. The van der Waals surface area contributed by atoms with E-state index in [2.05, 4.69) is 6.58 Å². The fourth-order valence-electron chi connectivity index (χ4n) is 2.52. The number of alkyl halides is 3. The Morgan fingerprint density at radius 2 is 1.95 bits per heavy atom. The van der Waals surface area contributed by atoms with Gasteiger partial charge in [0, 0.05) is 18.5 Å². The van der Waals surface area contributed by atoms with Crippen LogP contribution in [0.4, 0.5) is 13.2 Å². The van der Waals surface area contributed by atoms with Crippen LogP contribution in [-0.2, 0) is 11.0 Å². The number of rotatable bonds is 3. The third kappa shape index (κ3) is 3.78. The molecule has 0 bridgehead atoms. The fraction of sp³-hybridized carbons (Fsp3) is 0.353. The number of nitrogens with zero attached hydrogens (tertiary/aromatic N) is 1. The molecule has 0 aromatic heterocycles. The summed E-state index contributed by atoms with van der Waals surface area (Å²) in [6.45, 7) is 6.76. The quantitative estimate of drug-likeness (QED) is 0.768. The van der Waals surface area contributed by atoms with Gasteiger partial charge >= 0.3 is 6.18 Å². The van der Waals surface area contributed by atoms with Crippen molar-refractivity contribution in [3.63, 3.8) is 0 Å². The molecule has 1 aliphatic rings. The highest BCUT2D eigenvalue weighted by Gasteiger charge is 2.33. The van der Waals surface area contributed by atoms with E-state index >= 15 is 0 Å². The second kappa shape index (κ2) is 5.99. The number of amides is 1. The first kappa shape index (κ1) is 16.3. The monoisotopic (exact) mass is 309 g/mol. The highest BCUT2D eigenvalue weighted by molar-refractivity contribution is 5.87. The third-order valence-corrected chi connectivity index (χ3v) is 3.91. The maximum Gasteiger partial charge on any atom is 0.416 e. The molecule has 22 heavy (non-hydrogen) atoms. The number of carbonyl (C=O) groups is 1. The van der Waals surface area contributed by atoms with Gasteiger partial charge in [-0.2, -0.15) is 13.2 Å². The summed E-state index contributed by atoms with van der Waals surface area (Å²) < 4.78 is 37.5. The summed E-state index contributed by atoms with van der Waals surface area (Å²) in [5, 5.41) is 0. The van der Waals surface area contributed by atoms with E-state index in [0.717, 1.165) is 18.6 Å². The van der Waals surface area contributed by atoms with Gasteiger partial charge in [-0.1, -0.05) is 37.8 Å². The standard InChI is InChI=1S/C17H18F3NO/c1-3-15(22)21-11-10-16(2,12-21)9-8-13-4-6-14(7-5-13)17(18,19)20/h3-9H,1,10-12H2,2H3/t16-/m0/s1. The molecule has 0 saturated carbocycles. The molecule has 2 nitrogen and oxygen atoms in total. The van der Waals surface area contributed by atoms with E-state index in [1.54, 1.807) is 4.90 Å². The van der Waals surface area contributed by atoms with Crippen LogP contribution in [0.5, 0.6) is 0 Å². The van der Waals surface area contributed by atoms with Crippen molar-refractivity contribution < 1.29 is 18.0 Å². The van der Waals surface area contributed by atoms with Crippen LogP contribution >= 0.6 is 0 Å². The Bertz CT molecular complexity index is 589. The van der Waals surface area contributed by atoms with Gasteiger partial charge in [0.2, 0.25) is 5.91 Å². The van der Waals surface area contributed by atoms with Crippen LogP contribution in [0.1, 0.15) is 24.5 Å². The highest BCUT2D eigenvalue weighted by Crippen LogP contribution is 2.33. The van der Waals surface area contributed by atoms with Crippen LogP contribution in [0, 0.1) is 5.41 Å². The summed E-state index contributed by atoms with van der Waals surface area (Å²) in [6.07, 6.45) is 1.58. The molecule has 118 valence electrons. The largest absolute Gasteiger partial charge is 0.416 e. The number of likely N-dealkylation sites (tertiary alicyclic amines) is 1. The van der Waals surface area contributed by atoms with Crippen molar-refractivity contribution in [2.45, 2.75) is 19.5 Å². The van der Waals surface area contributed by atoms with Gasteiger partial charge in [0.05, 0.1) is 5.56 Å². The first-order valence-electron chi connectivity index (χ1n) is 7.01. The smallest absolute Gasteiger partial charge is 0.338 e. The molecule has 5 heteroatoms. The number of halogens is 3. The predicted octanol–water partition coefficient (Wildman–Crippen LogP) is 4.14. The molecule has 1 aliphatic heterocycles. The molecule has 0 unspecified atom stereocenters. The van der Waals surface area contributed by atoms with Crippen molar-refractivity contribution in [1.29, 1.82) is 0 Å². The molecule has 1 aromatic carbocycles. The van der Waals surface area contributed by atoms with Crippen LogP contribution in [0.15, 0.2) is 43.0 Å². The van der Waals surface area contributed by atoms with Crippen LogP contribution in [0.2, 0.25) is 0 Å². The summed E-state index contributed by atoms with van der Waals surface area (Å²) in [6, 6.07) is 5.04. The van der Waals surface area contributed by atoms with Gasteiger partial charge in [-0.05, 0) is 30.2 Å². The molecule has 0 aliphatic carbocycles. The molecule has 1 fully saturated rings. The first-order valence-corrected chi connectivity index (χ1v) is 7.01. The Morgan fingerprint density at radius 1 is 1.32 bits per heavy atom. The van der Waals surface area contributed by atoms with Crippen molar-refractivity contribution >= 4 is 12.0 Å². The zero-order chi connectivity index (χ0) is 16.4. The zero-order valence-corrected chi connectivity index (χ0v) is 12.4. The van der Waals surface area contributed by atoms with E-state index in [9.17, 15) is 18.0 Å². The topological polar surface area (TPSA) is 20.3 Å². The van der Waals surface area contributed by atoms with E-state index in [1.807, 2.05) is 19.1 Å². The summed E-state index contributed by atoms with van der Waals surface area (Å²) in [5.41, 5.74) is -0.108. The molecular weight excluding hydrogens is 291 g/mol. The van der Waals surface area contributed by atoms with Crippen molar-refractivity contribution in [3.05, 3.63) is 54.1 Å². The van der Waals surface area contributed by atoms with E-state index in [4.69, 9.17) is 0 Å². The minimum Gasteiger partial charge on any atom is -0.338 e. The zero-order valence-electron chi connectivity index (χ0n) is 12.4. The van der Waals surface area contributed by atoms with Crippen molar-refractivity contribution in [2.75, 3.05) is 13.1 Å². The van der Waals surface area contributed by atoms with E-state index in [0.29, 0.717) is 18.7 Å². The molecule has 2 rings (SSSR count). The highest BCUT2D eigenvalue weighted by atomic mass is 19.4. The average molecular weight is 309 g/mol. The van der Waals surface area contributed by atoms with E-state index in [1.165, 1.54) is 18.2 Å². The van der Waals surface area contributed by atoms with Gasteiger partial charge in [-0.3, -0.25) is 4.79 Å². The Morgan fingerprint density at radius 3 is 2.50 bits per heavy atom. The van der Waals surface area contributed by atoms with E-state index in [-0.39, 0.29) is 11.3 Å². The van der Waals surface area contributed by atoms with E-state index < -0.39 is 11.7 Å². The van der Waals surface area contributed by atoms with Crippen LogP contribution < -0.4 is 0 Å². The van der Waals surface area contributed by atoms with Crippen LogP contribution in [0.25, 0.3) is 6.08 Å². The number of hydrogen-bond donors (Lipinski definition) is 0. The van der Waals surface area contributed by atoms with Crippen LogP contribution in [0.3, 0.4) is 0 Å². The average Bonchev–Trinajstić information content (AvgIpc) is 2.87. The van der Waals surface area contributed by atoms with Gasteiger partial charge in [-0.15, -0.1) is 0 Å². The molecule has 0 radical (unpaired) electrons. The minimum atomic E-state index is -4.31. The van der Waals surface area contributed by atoms with Crippen molar-refractivity contribution in [1.82, 2.24) is 4.90 Å². The second-order valence-electron chi connectivity index (χ2n) is 5.82. The number of benzene rings is 1. The number of hydrogen-bond acceptors (Lipinski definition) is 1. The lowest BCUT2D eigenvalue weighted by Crippen LogP contribution is -2.28. The number of carbonyl (C=O) groups excluding carboxylic acids is 1.